The molecule has 6 nitrogen and oxygen atoms in total. The average Bonchev–Trinajstić information content (AvgIpc) is 3.09. The fourth-order valence-corrected chi connectivity index (χ4v) is 4.56. The zero-order valence-corrected chi connectivity index (χ0v) is 18.8. The van der Waals surface area contributed by atoms with Crippen molar-refractivity contribution in [2.24, 2.45) is 0 Å². The summed E-state index contributed by atoms with van der Waals surface area (Å²) < 4.78 is 0. The molecule has 164 valence electrons. The molecule has 2 saturated heterocycles. The average molecular weight is 421 g/mol. The first-order valence-corrected chi connectivity index (χ1v) is 11.1. The van der Waals surface area contributed by atoms with Crippen LogP contribution < -0.4 is 4.90 Å². The third-order valence-electron chi connectivity index (χ3n) is 6.44. The Labute approximate surface area is 185 Å². The quantitative estimate of drug-likeness (QED) is 0.746. The second kappa shape index (κ2) is 9.00. The van der Waals surface area contributed by atoms with Gasteiger partial charge in [-0.25, -0.2) is 4.79 Å². The number of anilines is 1. The number of rotatable bonds is 5. The van der Waals surface area contributed by atoms with Crippen LogP contribution in [0.25, 0.3) is 0 Å². The number of urea groups is 1. The molecule has 0 aromatic heterocycles. The summed E-state index contributed by atoms with van der Waals surface area (Å²) in [6.45, 7) is 10.5. The zero-order valence-electron chi connectivity index (χ0n) is 18.8. The van der Waals surface area contributed by atoms with Gasteiger partial charge in [0.15, 0.2) is 0 Å². The lowest BCUT2D eigenvalue weighted by Gasteiger charge is -2.41. The van der Waals surface area contributed by atoms with E-state index in [1.165, 1.54) is 16.8 Å². The molecule has 1 unspecified atom stereocenters. The second-order valence-electron chi connectivity index (χ2n) is 8.77. The van der Waals surface area contributed by atoms with E-state index in [0.717, 1.165) is 12.1 Å². The molecule has 0 spiro atoms. The van der Waals surface area contributed by atoms with E-state index in [0.29, 0.717) is 32.7 Å². The first-order valence-electron chi connectivity index (χ1n) is 11.1. The fraction of sp³-hybridized carbons (Fsp3) is 0.440. The number of benzene rings is 2. The highest BCUT2D eigenvalue weighted by molar-refractivity contribution is 5.85. The minimum atomic E-state index is -0.0388. The molecule has 3 amide bonds. The van der Waals surface area contributed by atoms with Crippen molar-refractivity contribution in [2.45, 2.75) is 33.4 Å². The SMILES string of the molecule is Cc1cccc(N2CCN(C(=O)CN3CCN(Cc4ccccc4C)C3=O)CC2C)c1. The minimum absolute atomic E-state index is 0.0388. The van der Waals surface area contributed by atoms with E-state index in [-0.39, 0.29) is 24.5 Å². The molecule has 0 radical (unpaired) electrons. The van der Waals surface area contributed by atoms with E-state index in [2.05, 4.69) is 62.1 Å². The molecule has 2 aliphatic heterocycles. The summed E-state index contributed by atoms with van der Waals surface area (Å²) in [5.41, 5.74) is 4.79. The summed E-state index contributed by atoms with van der Waals surface area (Å²) in [7, 11) is 0. The van der Waals surface area contributed by atoms with E-state index in [4.69, 9.17) is 0 Å². The molecular formula is C25H32N4O2. The lowest BCUT2D eigenvalue weighted by molar-refractivity contribution is -0.132. The molecule has 1 atom stereocenters. The van der Waals surface area contributed by atoms with Gasteiger partial charge in [-0.3, -0.25) is 4.79 Å². The number of hydrogen-bond donors (Lipinski definition) is 0. The van der Waals surface area contributed by atoms with Crippen molar-refractivity contribution >= 4 is 17.6 Å². The van der Waals surface area contributed by atoms with Crippen LogP contribution in [0.15, 0.2) is 48.5 Å². The van der Waals surface area contributed by atoms with Crippen molar-refractivity contribution in [3.05, 3.63) is 65.2 Å². The Morgan fingerprint density at radius 2 is 1.74 bits per heavy atom. The van der Waals surface area contributed by atoms with Crippen molar-refractivity contribution in [3.63, 3.8) is 0 Å². The first kappa shape index (κ1) is 21.2. The van der Waals surface area contributed by atoms with Crippen molar-refractivity contribution in [1.82, 2.24) is 14.7 Å². The fourth-order valence-electron chi connectivity index (χ4n) is 4.56. The molecule has 0 aliphatic carbocycles. The number of carbonyl (C=O) groups is 2. The summed E-state index contributed by atoms with van der Waals surface area (Å²) in [6.07, 6.45) is 0. The maximum absolute atomic E-state index is 13.0. The van der Waals surface area contributed by atoms with E-state index < -0.39 is 0 Å². The van der Waals surface area contributed by atoms with E-state index in [1.54, 1.807) is 4.90 Å². The van der Waals surface area contributed by atoms with E-state index in [9.17, 15) is 9.59 Å². The van der Waals surface area contributed by atoms with Gasteiger partial charge in [0, 0.05) is 51.0 Å². The van der Waals surface area contributed by atoms with Crippen LogP contribution >= 0.6 is 0 Å². The highest BCUT2D eigenvalue weighted by Crippen LogP contribution is 2.22. The van der Waals surface area contributed by atoms with Crippen LogP contribution in [0.1, 0.15) is 23.6 Å². The van der Waals surface area contributed by atoms with Crippen LogP contribution in [-0.4, -0.2) is 71.9 Å². The summed E-state index contributed by atoms with van der Waals surface area (Å²) in [5.74, 6) is 0.0434. The Morgan fingerprint density at radius 3 is 2.48 bits per heavy atom. The maximum Gasteiger partial charge on any atom is 0.320 e. The summed E-state index contributed by atoms with van der Waals surface area (Å²) >= 11 is 0. The van der Waals surface area contributed by atoms with Crippen LogP contribution in [-0.2, 0) is 11.3 Å². The van der Waals surface area contributed by atoms with Crippen LogP contribution in [0, 0.1) is 13.8 Å². The van der Waals surface area contributed by atoms with Crippen molar-refractivity contribution in [3.8, 4) is 0 Å². The number of aryl methyl sites for hydroxylation is 2. The number of amides is 3. The van der Waals surface area contributed by atoms with Gasteiger partial charge in [0.1, 0.15) is 6.54 Å². The van der Waals surface area contributed by atoms with E-state index >= 15 is 0 Å². The molecule has 0 N–H and O–H groups in total. The molecule has 31 heavy (non-hydrogen) atoms. The van der Waals surface area contributed by atoms with Gasteiger partial charge >= 0.3 is 6.03 Å². The largest absolute Gasteiger partial charge is 0.365 e. The lowest BCUT2D eigenvalue weighted by Crippen LogP contribution is -2.55. The van der Waals surface area contributed by atoms with Gasteiger partial charge in [0.2, 0.25) is 5.91 Å². The topological polar surface area (TPSA) is 47.1 Å². The number of hydrogen-bond acceptors (Lipinski definition) is 3. The molecular weight excluding hydrogens is 388 g/mol. The summed E-state index contributed by atoms with van der Waals surface area (Å²) in [5, 5.41) is 0. The lowest BCUT2D eigenvalue weighted by atomic mass is 10.1. The molecule has 6 heteroatoms. The molecule has 2 aromatic carbocycles. The Hall–Kier alpha value is -3.02. The predicted octanol–water partition coefficient (Wildman–Crippen LogP) is 3.28. The summed E-state index contributed by atoms with van der Waals surface area (Å²) in [4.78, 5) is 33.6. The van der Waals surface area contributed by atoms with Gasteiger partial charge in [-0.2, -0.15) is 0 Å². The van der Waals surface area contributed by atoms with Gasteiger partial charge in [0.25, 0.3) is 0 Å². The van der Waals surface area contributed by atoms with Crippen LogP contribution in [0.3, 0.4) is 0 Å². The highest BCUT2D eigenvalue weighted by Gasteiger charge is 2.33. The van der Waals surface area contributed by atoms with Gasteiger partial charge in [-0.05, 0) is 49.6 Å². The Kier molecular flexibility index (Phi) is 6.16. The number of carbonyl (C=O) groups excluding carboxylic acids is 2. The maximum atomic E-state index is 13.0. The molecule has 2 aliphatic rings. The molecule has 4 rings (SSSR count). The third-order valence-corrected chi connectivity index (χ3v) is 6.44. The van der Waals surface area contributed by atoms with Gasteiger partial charge in [-0.1, -0.05) is 36.4 Å². The smallest absolute Gasteiger partial charge is 0.320 e. The van der Waals surface area contributed by atoms with Crippen molar-refractivity contribution < 1.29 is 9.59 Å². The summed E-state index contributed by atoms with van der Waals surface area (Å²) in [6, 6.07) is 16.8. The van der Waals surface area contributed by atoms with Gasteiger partial charge in [0.05, 0.1) is 0 Å². The van der Waals surface area contributed by atoms with E-state index in [1.807, 2.05) is 21.9 Å². The van der Waals surface area contributed by atoms with Crippen LogP contribution in [0.5, 0.6) is 0 Å². The minimum Gasteiger partial charge on any atom is -0.365 e. The highest BCUT2D eigenvalue weighted by atomic mass is 16.2. The normalized spacial score (nSPS) is 19.3. The molecule has 2 fully saturated rings. The zero-order chi connectivity index (χ0) is 22.0. The van der Waals surface area contributed by atoms with Gasteiger partial charge < -0.3 is 19.6 Å². The molecule has 0 bridgehead atoms. The molecule has 0 saturated carbocycles. The van der Waals surface area contributed by atoms with Crippen LogP contribution in [0.4, 0.5) is 10.5 Å². The molecule has 2 heterocycles. The standard InChI is InChI=1S/C25H32N4O2/c1-19-7-6-10-23(15-19)29-14-13-26(16-21(29)3)24(30)18-28-12-11-27(25(28)31)17-22-9-5-4-8-20(22)2/h4-10,15,21H,11-14,16-18H2,1-3H3. The Morgan fingerprint density at radius 1 is 0.968 bits per heavy atom. The first-order chi connectivity index (χ1) is 14.9. The number of piperazine rings is 1. The second-order valence-corrected chi connectivity index (χ2v) is 8.77. The molecule has 2 aromatic rings. The van der Waals surface area contributed by atoms with Crippen molar-refractivity contribution in [1.29, 1.82) is 0 Å². The monoisotopic (exact) mass is 420 g/mol. The number of nitrogens with zero attached hydrogens (tertiary/aromatic N) is 4. The third kappa shape index (κ3) is 4.68. The van der Waals surface area contributed by atoms with Crippen LogP contribution in [0.2, 0.25) is 0 Å². The Balaban J connectivity index is 1.32. The predicted molar refractivity (Wildman–Crippen MR) is 123 cm³/mol. The van der Waals surface area contributed by atoms with Crippen molar-refractivity contribution in [2.75, 3.05) is 44.2 Å². The van der Waals surface area contributed by atoms with Gasteiger partial charge in [-0.15, -0.1) is 0 Å². The Bertz CT molecular complexity index is 960.